The molecular formula is C18H26N4O2. The lowest BCUT2D eigenvalue weighted by atomic mass is 9.81. The number of rotatable bonds is 4. The molecule has 24 heavy (non-hydrogen) atoms. The summed E-state index contributed by atoms with van der Waals surface area (Å²) < 4.78 is 0. The molecule has 0 radical (unpaired) electrons. The maximum atomic E-state index is 12.6. The van der Waals surface area contributed by atoms with E-state index in [4.69, 9.17) is 0 Å². The molecule has 6 heteroatoms. The van der Waals surface area contributed by atoms with E-state index in [0.717, 1.165) is 24.5 Å². The highest BCUT2D eigenvalue weighted by molar-refractivity contribution is 5.86. The fourth-order valence-electron chi connectivity index (χ4n) is 3.40. The molecule has 2 fully saturated rings. The van der Waals surface area contributed by atoms with Gasteiger partial charge in [0.25, 0.3) is 0 Å². The van der Waals surface area contributed by atoms with E-state index in [9.17, 15) is 9.59 Å². The summed E-state index contributed by atoms with van der Waals surface area (Å²) in [5.41, 5.74) is 0.526. The van der Waals surface area contributed by atoms with Gasteiger partial charge in [0, 0.05) is 44.4 Å². The minimum atomic E-state index is -0.526. The minimum absolute atomic E-state index is 0.00375. The monoisotopic (exact) mass is 330 g/mol. The predicted molar refractivity (Wildman–Crippen MR) is 92.5 cm³/mol. The zero-order chi connectivity index (χ0) is 17.0. The zero-order valence-corrected chi connectivity index (χ0v) is 14.3. The minimum Gasteiger partial charge on any atom is -0.356 e. The van der Waals surface area contributed by atoms with Crippen LogP contribution in [0.5, 0.6) is 0 Å². The molecule has 3 heterocycles. The number of pyridine rings is 1. The van der Waals surface area contributed by atoms with Gasteiger partial charge in [-0.1, -0.05) is 6.07 Å². The second-order valence-electron chi connectivity index (χ2n) is 7.05. The first-order valence-corrected chi connectivity index (χ1v) is 8.82. The number of hydrogen-bond donors (Lipinski definition) is 2. The molecule has 2 aliphatic rings. The molecule has 2 saturated heterocycles. The van der Waals surface area contributed by atoms with Crippen molar-refractivity contribution in [1.29, 1.82) is 0 Å². The molecule has 3 rings (SSSR count). The van der Waals surface area contributed by atoms with E-state index >= 15 is 0 Å². The first kappa shape index (κ1) is 16.7. The number of carbonyl (C=O) groups is 2. The van der Waals surface area contributed by atoms with Gasteiger partial charge in [-0.15, -0.1) is 0 Å². The quantitative estimate of drug-likeness (QED) is 0.879. The maximum Gasteiger partial charge on any atom is 0.228 e. The van der Waals surface area contributed by atoms with Crippen LogP contribution >= 0.6 is 0 Å². The van der Waals surface area contributed by atoms with Crippen LogP contribution in [-0.2, 0) is 16.1 Å². The van der Waals surface area contributed by atoms with E-state index in [1.807, 2.05) is 25.3 Å². The number of carbonyl (C=O) groups excluding carboxylic acids is 2. The van der Waals surface area contributed by atoms with Crippen LogP contribution in [0.15, 0.2) is 18.3 Å². The highest BCUT2D eigenvalue weighted by Crippen LogP contribution is 2.27. The molecule has 1 aromatic heterocycles. The van der Waals surface area contributed by atoms with Crippen molar-refractivity contribution in [2.75, 3.05) is 24.5 Å². The van der Waals surface area contributed by atoms with Crippen LogP contribution < -0.4 is 15.5 Å². The number of hydrogen-bond acceptors (Lipinski definition) is 4. The third-order valence-corrected chi connectivity index (χ3v) is 5.09. The number of amides is 2. The van der Waals surface area contributed by atoms with Gasteiger partial charge >= 0.3 is 0 Å². The SMILES string of the molecule is CC1(C(=O)NCc2cccnc2N2CCCCC2)CCC(=O)NC1. The van der Waals surface area contributed by atoms with Gasteiger partial charge in [0.05, 0.1) is 5.41 Å². The predicted octanol–water partition coefficient (Wildman–Crippen LogP) is 1.60. The molecule has 1 unspecified atom stereocenters. The third kappa shape index (κ3) is 3.68. The number of nitrogens with zero attached hydrogens (tertiary/aromatic N) is 2. The molecular weight excluding hydrogens is 304 g/mol. The van der Waals surface area contributed by atoms with Crippen LogP contribution in [0.25, 0.3) is 0 Å². The highest BCUT2D eigenvalue weighted by Gasteiger charge is 2.36. The van der Waals surface area contributed by atoms with Crippen LogP contribution in [0.4, 0.5) is 5.82 Å². The van der Waals surface area contributed by atoms with Crippen molar-refractivity contribution in [3.63, 3.8) is 0 Å². The summed E-state index contributed by atoms with van der Waals surface area (Å²) in [6.45, 7) is 4.85. The molecule has 0 aliphatic carbocycles. The van der Waals surface area contributed by atoms with E-state index in [1.165, 1.54) is 19.3 Å². The van der Waals surface area contributed by atoms with Gasteiger partial charge in [-0.2, -0.15) is 0 Å². The molecule has 0 bridgehead atoms. The Labute approximate surface area is 143 Å². The van der Waals surface area contributed by atoms with Crippen LogP contribution in [0.1, 0.15) is 44.6 Å². The summed E-state index contributed by atoms with van der Waals surface area (Å²) in [5, 5.41) is 5.84. The molecule has 2 amide bonds. The first-order chi connectivity index (χ1) is 11.6. The van der Waals surface area contributed by atoms with Gasteiger partial charge in [0.15, 0.2) is 0 Å². The van der Waals surface area contributed by atoms with E-state index in [2.05, 4.69) is 20.5 Å². The number of aromatic nitrogens is 1. The molecule has 1 aromatic rings. The van der Waals surface area contributed by atoms with Gasteiger partial charge in [0.2, 0.25) is 11.8 Å². The summed E-state index contributed by atoms with van der Waals surface area (Å²) in [6, 6.07) is 3.94. The Hall–Kier alpha value is -2.11. The van der Waals surface area contributed by atoms with Crippen molar-refractivity contribution in [3.05, 3.63) is 23.9 Å². The molecule has 1 atom stereocenters. The summed E-state index contributed by atoms with van der Waals surface area (Å²) in [4.78, 5) is 30.8. The molecule has 6 nitrogen and oxygen atoms in total. The van der Waals surface area contributed by atoms with Crippen molar-refractivity contribution in [2.45, 2.75) is 45.6 Å². The van der Waals surface area contributed by atoms with Crippen molar-refractivity contribution in [3.8, 4) is 0 Å². The lowest BCUT2D eigenvalue weighted by Gasteiger charge is -2.33. The van der Waals surface area contributed by atoms with Gasteiger partial charge in [-0.25, -0.2) is 4.98 Å². The van der Waals surface area contributed by atoms with E-state index < -0.39 is 5.41 Å². The Morgan fingerprint density at radius 2 is 2.17 bits per heavy atom. The van der Waals surface area contributed by atoms with Crippen LogP contribution in [0.2, 0.25) is 0 Å². The van der Waals surface area contributed by atoms with E-state index in [1.54, 1.807) is 0 Å². The molecule has 0 saturated carbocycles. The lowest BCUT2D eigenvalue weighted by molar-refractivity contribution is -0.134. The van der Waals surface area contributed by atoms with Crippen LogP contribution in [0, 0.1) is 5.41 Å². The fraction of sp³-hybridized carbons (Fsp3) is 0.611. The van der Waals surface area contributed by atoms with Crippen molar-refractivity contribution < 1.29 is 9.59 Å². The third-order valence-electron chi connectivity index (χ3n) is 5.09. The van der Waals surface area contributed by atoms with Crippen LogP contribution in [-0.4, -0.2) is 36.4 Å². The summed E-state index contributed by atoms with van der Waals surface area (Å²) >= 11 is 0. The molecule has 2 N–H and O–H groups in total. The molecule has 130 valence electrons. The summed E-state index contributed by atoms with van der Waals surface area (Å²) in [7, 11) is 0. The van der Waals surface area contributed by atoms with Gasteiger partial charge < -0.3 is 15.5 Å². The summed E-state index contributed by atoms with van der Waals surface area (Å²) in [5.74, 6) is 1.01. The number of nitrogens with one attached hydrogen (secondary N) is 2. The first-order valence-electron chi connectivity index (χ1n) is 8.82. The number of piperidine rings is 2. The van der Waals surface area contributed by atoms with Gasteiger partial charge in [-0.3, -0.25) is 9.59 Å². The largest absolute Gasteiger partial charge is 0.356 e. The van der Waals surface area contributed by atoms with Gasteiger partial charge in [0.1, 0.15) is 5.82 Å². The maximum absolute atomic E-state index is 12.6. The molecule has 0 spiro atoms. The standard InChI is InChI=1S/C18H26N4O2/c1-18(8-7-15(23)21-13-18)17(24)20-12-14-6-5-9-19-16(14)22-10-3-2-4-11-22/h5-6,9H,2-4,7-8,10-13H2,1H3,(H,20,24)(H,21,23). The average molecular weight is 330 g/mol. The second-order valence-corrected chi connectivity index (χ2v) is 7.05. The van der Waals surface area contributed by atoms with E-state index in [0.29, 0.717) is 25.9 Å². The zero-order valence-electron chi connectivity index (χ0n) is 14.3. The Morgan fingerprint density at radius 3 is 2.88 bits per heavy atom. The number of anilines is 1. The molecule has 0 aromatic carbocycles. The smallest absolute Gasteiger partial charge is 0.228 e. The Bertz CT molecular complexity index is 601. The van der Waals surface area contributed by atoms with Crippen molar-refractivity contribution in [1.82, 2.24) is 15.6 Å². The average Bonchev–Trinajstić information content (AvgIpc) is 2.63. The summed E-state index contributed by atoms with van der Waals surface area (Å²) in [6.07, 6.45) is 6.49. The van der Waals surface area contributed by atoms with Crippen molar-refractivity contribution in [2.24, 2.45) is 5.41 Å². The Balaban J connectivity index is 1.64. The Kier molecular flexibility index (Phi) is 5.02. The second kappa shape index (κ2) is 7.20. The van der Waals surface area contributed by atoms with Gasteiger partial charge in [-0.05, 0) is 38.7 Å². The van der Waals surface area contributed by atoms with E-state index in [-0.39, 0.29) is 11.8 Å². The lowest BCUT2D eigenvalue weighted by Crippen LogP contribution is -2.50. The van der Waals surface area contributed by atoms with Crippen LogP contribution in [0.3, 0.4) is 0 Å². The van der Waals surface area contributed by atoms with Crippen molar-refractivity contribution >= 4 is 17.6 Å². The topological polar surface area (TPSA) is 74.3 Å². The fourth-order valence-corrected chi connectivity index (χ4v) is 3.40. The molecule has 2 aliphatic heterocycles. The Morgan fingerprint density at radius 1 is 1.38 bits per heavy atom. The normalized spacial score (nSPS) is 24.4. The highest BCUT2D eigenvalue weighted by atomic mass is 16.2.